The van der Waals surface area contributed by atoms with Crippen molar-refractivity contribution in [1.29, 1.82) is 0 Å². The summed E-state index contributed by atoms with van der Waals surface area (Å²) >= 11 is 0. The van der Waals surface area contributed by atoms with Crippen LogP contribution in [0.3, 0.4) is 0 Å². The average molecular weight is 380 g/mol. The smallest absolute Gasteiger partial charge is 0.220 e. The molecule has 110 valence electrons. The van der Waals surface area contributed by atoms with Crippen LogP contribution in [0.25, 0.3) is 0 Å². The highest BCUT2D eigenvalue weighted by Crippen LogP contribution is 2.27. The fourth-order valence-electron chi connectivity index (χ4n) is 1.77. The summed E-state index contributed by atoms with van der Waals surface area (Å²) in [4.78, 5) is 15.6. The molecule has 0 aromatic rings. The number of carbonyl (C=O) groups excluding carboxylic acids is 1. The molecule has 1 amide bonds. The van der Waals surface area contributed by atoms with Gasteiger partial charge in [0.1, 0.15) is 0 Å². The van der Waals surface area contributed by atoms with Crippen molar-refractivity contribution in [2.75, 3.05) is 20.1 Å². The van der Waals surface area contributed by atoms with Crippen molar-refractivity contribution in [2.24, 2.45) is 10.9 Å². The van der Waals surface area contributed by atoms with Crippen molar-refractivity contribution < 1.29 is 4.79 Å². The fraction of sp³-hybridized carbons (Fsp3) is 0.846. The van der Waals surface area contributed by atoms with E-state index in [0.29, 0.717) is 12.5 Å². The van der Waals surface area contributed by atoms with E-state index in [0.717, 1.165) is 44.2 Å². The average Bonchev–Trinajstić information content (AvgIpc) is 3.22. The van der Waals surface area contributed by atoms with E-state index in [1.165, 1.54) is 12.8 Å². The van der Waals surface area contributed by atoms with Gasteiger partial charge in [0.25, 0.3) is 0 Å². The van der Waals surface area contributed by atoms with Crippen LogP contribution in [-0.4, -0.2) is 38.0 Å². The van der Waals surface area contributed by atoms with E-state index in [1.54, 1.807) is 7.05 Å². The second kappa shape index (κ2) is 8.60. The lowest BCUT2D eigenvalue weighted by atomic mass is 10.3. The number of nitrogens with zero attached hydrogens (tertiary/aromatic N) is 1. The Kier molecular flexibility index (Phi) is 7.48. The highest BCUT2D eigenvalue weighted by molar-refractivity contribution is 14.0. The monoisotopic (exact) mass is 380 g/mol. The minimum atomic E-state index is 0. The number of hydrogen-bond donors (Lipinski definition) is 3. The van der Waals surface area contributed by atoms with Crippen molar-refractivity contribution in [1.82, 2.24) is 16.0 Å². The topological polar surface area (TPSA) is 65.5 Å². The van der Waals surface area contributed by atoms with E-state index in [-0.39, 0.29) is 29.9 Å². The van der Waals surface area contributed by atoms with Crippen LogP contribution in [0.5, 0.6) is 0 Å². The normalized spacial score (nSPS) is 18.5. The quantitative estimate of drug-likeness (QED) is 0.270. The predicted molar refractivity (Wildman–Crippen MR) is 87.9 cm³/mol. The summed E-state index contributed by atoms with van der Waals surface area (Å²) in [6.07, 6.45) is 6.44. The molecule has 0 radical (unpaired) electrons. The molecule has 0 aliphatic heterocycles. The van der Waals surface area contributed by atoms with Crippen LogP contribution in [0, 0.1) is 5.92 Å². The van der Waals surface area contributed by atoms with Crippen molar-refractivity contribution in [2.45, 2.75) is 44.6 Å². The molecule has 2 rings (SSSR count). The zero-order valence-electron chi connectivity index (χ0n) is 11.6. The van der Waals surface area contributed by atoms with Crippen LogP contribution in [-0.2, 0) is 4.79 Å². The second-order valence-electron chi connectivity index (χ2n) is 5.27. The van der Waals surface area contributed by atoms with Crippen LogP contribution in [0.4, 0.5) is 0 Å². The number of aliphatic imine (C=N–C) groups is 1. The van der Waals surface area contributed by atoms with E-state index in [4.69, 9.17) is 0 Å². The highest BCUT2D eigenvalue weighted by Gasteiger charge is 2.23. The van der Waals surface area contributed by atoms with Gasteiger partial charge in [0, 0.05) is 32.6 Å². The van der Waals surface area contributed by atoms with E-state index in [1.807, 2.05) is 0 Å². The van der Waals surface area contributed by atoms with E-state index in [2.05, 4.69) is 20.9 Å². The van der Waals surface area contributed by atoms with Crippen LogP contribution in [0.2, 0.25) is 0 Å². The van der Waals surface area contributed by atoms with Crippen molar-refractivity contribution in [3.63, 3.8) is 0 Å². The van der Waals surface area contributed by atoms with Gasteiger partial charge in [-0.2, -0.15) is 0 Å². The summed E-state index contributed by atoms with van der Waals surface area (Å²) in [7, 11) is 1.78. The van der Waals surface area contributed by atoms with Gasteiger partial charge in [0.05, 0.1) is 0 Å². The zero-order chi connectivity index (χ0) is 12.8. The molecule has 0 bridgehead atoms. The minimum Gasteiger partial charge on any atom is -0.356 e. The third-order valence-electron chi connectivity index (χ3n) is 3.29. The molecule has 5 nitrogen and oxygen atoms in total. The molecule has 0 unspecified atom stereocenters. The number of carbonyl (C=O) groups is 1. The Bertz CT molecular complexity index is 314. The lowest BCUT2D eigenvalue weighted by molar-refractivity contribution is -0.121. The number of halogens is 1. The number of rotatable bonds is 7. The van der Waals surface area contributed by atoms with Gasteiger partial charge in [0.2, 0.25) is 5.91 Å². The molecule has 3 N–H and O–H groups in total. The molecular formula is C13H25IN4O. The Morgan fingerprint density at radius 1 is 1.21 bits per heavy atom. The molecule has 0 aromatic carbocycles. The van der Waals surface area contributed by atoms with Gasteiger partial charge in [-0.05, 0) is 38.0 Å². The summed E-state index contributed by atoms with van der Waals surface area (Å²) in [5.41, 5.74) is 0. The lowest BCUT2D eigenvalue weighted by Crippen LogP contribution is -2.39. The molecule has 2 saturated carbocycles. The minimum absolute atomic E-state index is 0. The summed E-state index contributed by atoms with van der Waals surface area (Å²) in [6.45, 7) is 1.81. The summed E-state index contributed by atoms with van der Waals surface area (Å²) in [5, 5.41) is 9.53. The molecule has 19 heavy (non-hydrogen) atoms. The Morgan fingerprint density at radius 3 is 2.53 bits per heavy atom. The molecule has 0 saturated heterocycles. The first kappa shape index (κ1) is 16.5. The van der Waals surface area contributed by atoms with Gasteiger partial charge < -0.3 is 16.0 Å². The molecule has 2 aliphatic carbocycles. The van der Waals surface area contributed by atoms with Gasteiger partial charge in [-0.15, -0.1) is 24.0 Å². The standard InChI is InChI=1S/C13H24N4O.HI/c1-14-13(16-9-10-4-5-10)15-8-2-3-12(18)17-11-6-7-11;/h10-11H,2-9H2,1H3,(H,17,18)(H2,14,15,16);1H. The first-order valence-corrected chi connectivity index (χ1v) is 7.02. The van der Waals surface area contributed by atoms with Crippen LogP contribution >= 0.6 is 24.0 Å². The first-order chi connectivity index (χ1) is 8.78. The Labute approximate surface area is 132 Å². The van der Waals surface area contributed by atoms with Crippen molar-refractivity contribution in [3.8, 4) is 0 Å². The number of hydrogen-bond acceptors (Lipinski definition) is 2. The third-order valence-corrected chi connectivity index (χ3v) is 3.29. The van der Waals surface area contributed by atoms with E-state index >= 15 is 0 Å². The maximum absolute atomic E-state index is 11.4. The number of amides is 1. The van der Waals surface area contributed by atoms with Gasteiger partial charge >= 0.3 is 0 Å². The maximum atomic E-state index is 11.4. The Hall–Kier alpha value is -0.530. The van der Waals surface area contributed by atoms with Crippen LogP contribution < -0.4 is 16.0 Å². The maximum Gasteiger partial charge on any atom is 0.220 e. The molecule has 0 spiro atoms. The highest BCUT2D eigenvalue weighted by atomic mass is 127. The second-order valence-corrected chi connectivity index (χ2v) is 5.27. The lowest BCUT2D eigenvalue weighted by Gasteiger charge is -2.11. The Morgan fingerprint density at radius 2 is 1.95 bits per heavy atom. The number of nitrogens with one attached hydrogen (secondary N) is 3. The summed E-state index contributed by atoms with van der Waals surface area (Å²) < 4.78 is 0. The SMILES string of the molecule is CN=C(NCCCC(=O)NC1CC1)NCC1CC1.I. The molecule has 0 heterocycles. The molecule has 6 heteroatoms. The number of guanidine groups is 1. The van der Waals surface area contributed by atoms with Crippen LogP contribution in [0.15, 0.2) is 4.99 Å². The summed E-state index contributed by atoms with van der Waals surface area (Å²) in [5.74, 6) is 1.87. The van der Waals surface area contributed by atoms with E-state index in [9.17, 15) is 4.79 Å². The molecule has 2 aliphatic rings. The fourth-order valence-corrected chi connectivity index (χ4v) is 1.77. The van der Waals surface area contributed by atoms with Crippen LogP contribution in [0.1, 0.15) is 38.5 Å². The predicted octanol–water partition coefficient (Wildman–Crippen LogP) is 1.24. The Balaban J connectivity index is 0.00000180. The van der Waals surface area contributed by atoms with Gasteiger partial charge in [0.15, 0.2) is 5.96 Å². The van der Waals surface area contributed by atoms with Gasteiger partial charge in [-0.1, -0.05) is 0 Å². The van der Waals surface area contributed by atoms with E-state index < -0.39 is 0 Å². The summed E-state index contributed by atoms with van der Waals surface area (Å²) in [6, 6.07) is 0.471. The largest absolute Gasteiger partial charge is 0.356 e. The molecule has 0 atom stereocenters. The first-order valence-electron chi connectivity index (χ1n) is 7.02. The van der Waals surface area contributed by atoms with Crippen molar-refractivity contribution >= 4 is 35.8 Å². The molecule has 2 fully saturated rings. The van der Waals surface area contributed by atoms with Crippen molar-refractivity contribution in [3.05, 3.63) is 0 Å². The zero-order valence-corrected chi connectivity index (χ0v) is 13.9. The van der Waals surface area contributed by atoms with Gasteiger partial charge in [-0.3, -0.25) is 9.79 Å². The third kappa shape index (κ3) is 7.59. The molecule has 0 aromatic heterocycles. The van der Waals surface area contributed by atoms with Gasteiger partial charge in [-0.25, -0.2) is 0 Å². The molecular weight excluding hydrogens is 355 g/mol.